The molecule has 0 saturated carbocycles. The summed E-state index contributed by atoms with van der Waals surface area (Å²) >= 11 is 0. The van der Waals surface area contributed by atoms with E-state index in [0.717, 1.165) is 19.6 Å². The Balaban J connectivity index is 0.000000821. The first-order chi connectivity index (χ1) is 16.0. The lowest BCUT2D eigenvalue weighted by molar-refractivity contribution is -0.122. The van der Waals surface area contributed by atoms with Gasteiger partial charge in [0.25, 0.3) is 12.4 Å². The largest absolute Gasteiger partial charge is 0.483 e. The number of aryl methyl sites for hydroxylation is 2. The van der Waals surface area contributed by atoms with Crippen LogP contribution in [0.1, 0.15) is 33.1 Å². The number of pyridine rings is 2. The van der Waals surface area contributed by atoms with Crippen molar-refractivity contribution in [2.75, 3.05) is 24.5 Å². The molecule has 1 N–H and O–H groups in total. The molecule has 0 unspecified atom stereocenters. The van der Waals surface area contributed by atoms with Crippen molar-refractivity contribution in [1.82, 2.24) is 14.9 Å². The van der Waals surface area contributed by atoms with E-state index < -0.39 is 0 Å². The van der Waals surface area contributed by atoms with E-state index >= 15 is 0 Å². The molecule has 2 saturated heterocycles. The van der Waals surface area contributed by atoms with Crippen molar-refractivity contribution in [3.8, 4) is 0 Å². The standard InChI is InChI=1S/C25H26N4O.CH2O2/c1-17-6-3-4-8-21(17)24-22-16-28(23-9-11-27-12-18(23)2)14-20(22)15-29(24)25(30)19-7-5-10-26-13-19;2-1-3/h3-13,20,22,24H,14-16H2,1-2H3;1H,(H,2,3)/t20-,22-,24+;/m0./s1. The van der Waals surface area contributed by atoms with Gasteiger partial charge in [0, 0.05) is 61.9 Å². The fourth-order valence-electron chi connectivity index (χ4n) is 5.24. The van der Waals surface area contributed by atoms with Crippen LogP contribution in [0.3, 0.4) is 0 Å². The molecule has 33 heavy (non-hydrogen) atoms. The van der Waals surface area contributed by atoms with E-state index in [4.69, 9.17) is 9.90 Å². The number of aromatic nitrogens is 2. The normalized spacial score (nSPS) is 21.2. The molecule has 7 heteroatoms. The zero-order valence-electron chi connectivity index (χ0n) is 18.8. The van der Waals surface area contributed by atoms with Gasteiger partial charge >= 0.3 is 0 Å². The summed E-state index contributed by atoms with van der Waals surface area (Å²) in [5.41, 5.74) is 5.63. The van der Waals surface area contributed by atoms with Crippen LogP contribution < -0.4 is 4.90 Å². The fraction of sp³-hybridized carbons (Fsp3) is 0.308. The van der Waals surface area contributed by atoms with Gasteiger partial charge in [-0.15, -0.1) is 0 Å². The Hall–Kier alpha value is -3.74. The number of fused-ring (bicyclic) bond motifs is 1. The van der Waals surface area contributed by atoms with E-state index in [1.165, 1.54) is 22.4 Å². The van der Waals surface area contributed by atoms with Gasteiger partial charge in [-0.25, -0.2) is 0 Å². The molecule has 4 heterocycles. The van der Waals surface area contributed by atoms with Crippen molar-refractivity contribution in [1.29, 1.82) is 0 Å². The lowest BCUT2D eigenvalue weighted by Crippen LogP contribution is -2.36. The monoisotopic (exact) mass is 444 g/mol. The molecule has 0 radical (unpaired) electrons. The SMILES string of the molecule is Cc1ccccc1[C@@H]1[C@H]2CN(c3ccncc3C)C[C@H]2CN1C(=O)c1cccnc1.O=CO. The molecular formula is C26H28N4O3. The van der Waals surface area contributed by atoms with Gasteiger partial charge in [0.2, 0.25) is 0 Å². The highest BCUT2D eigenvalue weighted by Crippen LogP contribution is 2.47. The molecule has 2 aliphatic heterocycles. The number of hydrogen-bond acceptors (Lipinski definition) is 5. The van der Waals surface area contributed by atoms with E-state index in [9.17, 15) is 4.79 Å². The van der Waals surface area contributed by atoms with Crippen LogP contribution in [0, 0.1) is 25.7 Å². The number of carbonyl (C=O) groups excluding carboxylic acids is 1. The van der Waals surface area contributed by atoms with Gasteiger partial charge in [0.05, 0.1) is 11.6 Å². The number of likely N-dealkylation sites (tertiary alicyclic amines) is 1. The van der Waals surface area contributed by atoms with Crippen LogP contribution in [0.5, 0.6) is 0 Å². The Morgan fingerprint density at radius 2 is 1.73 bits per heavy atom. The Morgan fingerprint density at radius 3 is 2.42 bits per heavy atom. The predicted molar refractivity (Wildman–Crippen MR) is 126 cm³/mol. The summed E-state index contributed by atoms with van der Waals surface area (Å²) in [6.45, 7) is 6.71. The Bertz CT molecular complexity index is 1120. The molecule has 5 rings (SSSR count). The number of benzene rings is 1. The van der Waals surface area contributed by atoms with E-state index in [0.29, 0.717) is 17.4 Å². The number of nitrogens with zero attached hydrogens (tertiary/aromatic N) is 4. The van der Waals surface area contributed by atoms with E-state index in [2.05, 4.69) is 63.9 Å². The number of carboxylic acid groups (broad SMARTS) is 1. The summed E-state index contributed by atoms with van der Waals surface area (Å²) in [7, 11) is 0. The van der Waals surface area contributed by atoms with Crippen LogP contribution in [0.25, 0.3) is 0 Å². The predicted octanol–water partition coefficient (Wildman–Crippen LogP) is 3.74. The third kappa shape index (κ3) is 4.44. The topological polar surface area (TPSA) is 86.6 Å². The zero-order chi connectivity index (χ0) is 23.4. The van der Waals surface area contributed by atoms with Crippen LogP contribution >= 0.6 is 0 Å². The second-order valence-corrected chi connectivity index (χ2v) is 8.60. The van der Waals surface area contributed by atoms with Crippen molar-refractivity contribution in [2.24, 2.45) is 11.8 Å². The van der Waals surface area contributed by atoms with E-state index in [1.807, 2.05) is 24.5 Å². The summed E-state index contributed by atoms with van der Waals surface area (Å²) in [4.78, 5) is 34.8. The highest BCUT2D eigenvalue weighted by molar-refractivity contribution is 5.94. The Labute approximate surface area is 193 Å². The number of hydrogen-bond donors (Lipinski definition) is 1. The zero-order valence-corrected chi connectivity index (χ0v) is 18.8. The highest BCUT2D eigenvalue weighted by atomic mass is 16.3. The fourth-order valence-corrected chi connectivity index (χ4v) is 5.24. The quantitative estimate of drug-likeness (QED) is 0.620. The van der Waals surface area contributed by atoms with Gasteiger partial charge in [0.15, 0.2) is 0 Å². The second-order valence-electron chi connectivity index (χ2n) is 8.60. The molecule has 0 spiro atoms. The molecule has 2 fully saturated rings. The smallest absolute Gasteiger partial charge is 0.290 e. The lowest BCUT2D eigenvalue weighted by Gasteiger charge is -2.31. The van der Waals surface area contributed by atoms with E-state index in [-0.39, 0.29) is 18.4 Å². The molecule has 0 bridgehead atoms. The van der Waals surface area contributed by atoms with Crippen molar-refractivity contribution in [3.05, 3.63) is 89.5 Å². The van der Waals surface area contributed by atoms with Crippen LogP contribution in [0.2, 0.25) is 0 Å². The lowest BCUT2D eigenvalue weighted by atomic mass is 9.87. The van der Waals surface area contributed by atoms with Crippen LogP contribution in [0.15, 0.2) is 67.3 Å². The van der Waals surface area contributed by atoms with Crippen molar-refractivity contribution < 1.29 is 14.7 Å². The van der Waals surface area contributed by atoms with E-state index in [1.54, 1.807) is 12.4 Å². The number of rotatable bonds is 3. The molecule has 1 aromatic carbocycles. The van der Waals surface area contributed by atoms with Crippen LogP contribution in [-0.4, -0.2) is 52.0 Å². The van der Waals surface area contributed by atoms with Gasteiger partial charge in [-0.1, -0.05) is 24.3 Å². The molecular weight excluding hydrogens is 416 g/mol. The average molecular weight is 445 g/mol. The van der Waals surface area contributed by atoms with Gasteiger partial charge in [0.1, 0.15) is 0 Å². The van der Waals surface area contributed by atoms with Crippen LogP contribution in [0.4, 0.5) is 5.69 Å². The molecule has 7 nitrogen and oxygen atoms in total. The van der Waals surface area contributed by atoms with Crippen molar-refractivity contribution in [2.45, 2.75) is 19.9 Å². The van der Waals surface area contributed by atoms with Gasteiger partial charge in [-0.05, 0) is 48.7 Å². The molecule has 2 aliphatic rings. The minimum atomic E-state index is -0.250. The molecule has 3 atom stereocenters. The maximum atomic E-state index is 13.4. The Morgan fingerprint density at radius 1 is 0.970 bits per heavy atom. The molecule has 0 aliphatic carbocycles. The molecule has 2 aromatic heterocycles. The molecule has 1 amide bonds. The Kier molecular flexibility index (Phi) is 6.68. The van der Waals surface area contributed by atoms with Gasteiger partial charge < -0.3 is 14.9 Å². The first kappa shape index (κ1) is 22.5. The third-order valence-corrected chi connectivity index (χ3v) is 6.67. The van der Waals surface area contributed by atoms with Crippen molar-refractivity contribution in [3.63, 3.8) is 0 Å². The minimum absolute atomic E-state index is 0.0797. The molecule has 3 aromatic rings. The van der Waals surface area contributed by atoms with Gasteiger partial charge in [-0.2, -0.15) is 0 Å². The summed E-state index contributed by atoms with van der Waals surface area (Å²) in [5.74, 6) is 0.930. The maximum Gasteiger partial charge on any atom is 0.290 e. The minimum Gasteiger partial charge on any atom is -0.483 e. The number of anilines is 1. The molecule has 170 valence electrons. The first-order valence-corrected chi connectivity index (χ1v) is 11.0. The summed E-state index contributed by atoms with van der Waals surface area (Å²) < 4.78 is 0. The summed E-state index contributed by atoms with van der Waals surface area (Å²) in [5, 5.41) is 6.89. The van der Waals surface area contributed by atoms with Crippen LogP contribution in [-0.2, 0) is 4.79 Å². The summed E-state index contributed by atoms with van der Waals surface area (Å²) in [6.07, 6.45) is 7.19. The summed E-state index contributed by atoms with van der Waals surface area (Å²) in [6, 6.07) is 14.4. The highest BCUT2D eigenvalue weighted by Gasteiger charge is 2.49. The number of carbonyl (C=O) groups is 2. The number of amides is 1. The van der Waals surface area contributed by atoms with Crippen molar-refractivity contribution >= 4 is 18.1 Å². The first-order valence-electron chi connectivity index (χ1n) is 11.0. The average Bonchev–Trinajstić information content (AvgIpc) is 3.39. The third-order valence-electron chi connectivity index (χ3n) is 6.67. The second kappa shape index (κ2) is 9.81. The maximum absolute atomic E-state index is 13.4. The van der Waals surface area contributed by atoms with Gasteiger partial charge in [-0.3, -0.25) is 19.6 Å².